The van der Waals surface area contributed by atoms with Crippen LogP contribution in [-0.2, 0) is 6.61 Å². The van der Waals surface area contributed by atoms with Crippen molar-refractivity contribution in [1.29, 1.82) is 0 Å². The van der Waals surface area contributed by atoms with E-state index in [-0.39, 0.29) is 6.61 Å². The normalized spacial score (nSPS) is 9.44. The molecule has 1 N–H and O–H groups in total. The highest BCUT2D eigenvalue weighted by atomic mass is 32.1. The van der Waals surface area contributed by atoms with Gasteiger partial charge in [0.05, 0.1) is 6.61 Å². The molecule has 0 atom stereocenters. The van der Waals surface area contributed by atoms with Gasteiger partial charge in [-0.1, -0.05) is 0 Å². The average molecular weight is 142 g/mol. The Morgan fingerprint density at radius 1 is 1.78 bits per heavy atom. The van der Waals surface area contributed by atoms with E-state index in [1.807, 2.05) is 0 Å². The molecular formula is C6H6O2S. The van der Waals surface area contributed by atoms with Crippen LogP contribution in [0, 0.1) is 0 Å². The van der Waals surface area contributed by atoms with E-state index < -0.39 is 0 Å². The lowest BCUT2D eigenvalue weighted by atomic mass is 10.3. The highest BCUT2D eigenvalue weighted by Gasteiger charge is 1.98. The molecule has 0 radical (unpaired) electrons. The molecule has 1 heterocycles. The molecule has 0 saturated carbocycles. The monoisotopic (exact) mass is 142 g/mol. The zero-order valence-corrected chi connectivity index (χ0v) is 5.52. The van der Waals surface area contributed by atoms with Crippen molar-refractivity contribution in [3.8, 4) is 0 Å². The van der Waals surface area contributed by atoms with Crippen LogP contribution < -0.4 is 0 Å². The summed E-state index contributed by atoms with van der Waals surface area (Å²) >= 11 is 1.39. The number of thiophene rings is 1. The van der Waals surface area contributed by atoms with Gasteiger partial charge in [0, 0.05) is 10.4 Å². The molecule has 2 nitrogen and oxygen atoms in total. The average Bonchev–Trinajstić information content (AvgIpc) is 2.33. The molecular weight excluding hydrogens is 136 g/mol. The van der Waals surface area contributed by atoms with E-state index in [0.717, 1.165) is 11.2 Å². The standard InChI is InChI=1S/C6H6O2S/c7-3-5-1-2-9-6(5)4-8/h1-3,8H,4H2. The molecule has 0 saturated heterocycles. The van der Waals surface area contributed by atoms with Crippen molar-refractivity contribution in [2.45, 2.75) is 6.61 Å². The molecule has 0 unspecified atom stereocenters. The molecule has 0 amide bonds. The van der Waals surface area contributed by atoms with Crippen LogP contribution in [0.4, 0.5) is 0 Å². The van der Waals surface area contributed by atoms with Gasteiger partial charge in [-0.3, -0.25) is 4.79 Å². The van der Waals surface area contributed by atoms with Gasteiger partial charge in [0.15, 0.2) is 6.29 Å². The number of hydrogen-bond donors (Lipinski definition) is 1. The van der Waals surface area contributed by atoms with Crippen LogP contribution >= 0.6 is 11.3 Å². The lowest BCUT2D eigenvalue weighted by molar-refractivity contribution is 0.112. The minimum absolute atomic E-state index is 0.0360. The SMILES string of the molecule is O=Cc1ccsc1CO. The maximum atomic E-state index is 10.1. The van der Waals surface area contributed by atoms with Crippen molar-refractivity contribution >= 4 is 17.6 Å². The number of rotatable bonds is 2. The first kappa shape index (κ1) is 6.45. The van der Waals surface area contributed by atoms with E-state index >= 15 is 0 Å². The zero-order valence-electron chi connectivity index (χ0n) is 4.70. The van der Waals surface area contributed by atoms with E-state index in [4.69, 9.17) is 5.11 Å². The number of hydrogen-bond acceptors (Lipinski definition) is 3. The van der Waals surface area contributed by atoms with E-state index in [9.17, 15) is 4.79 Å². The van der Waals surface area contributed by atoms with Crippen LogP contribution in [-0.4, -0.2) is 11.4 Å². The lowest BCUT2D eigenvalue weighted by Gasteiger charge is -1.86. The van der Waals surface area contributed by atoms with Crippen molar-refractivity contribution in [3.63, 3.8) is 0 Å². The fourth-order valence-electron chi connectivity index (χ4n) is 0.584. The first-order valence-electron chi connectivity index (χ1n) is 2.51. The van der Waals surface area contributed by atoms with E-state index in [1.54, 1.807) is 11.4 Å². The molecule has 0 aromatic carbocycles. The van der Waals surface area contributed by atoms with Gasteiger partial charge in [-0.15, -0.1) is 11.3 Å². The number of carbonyl (C=O) groups is 1. The number of aliphatic hydroxyl groups excluding tert-OH is 1. The Balaban J connectivity index is 2.98. The molecule has 0 bridgehead atoms. The summed E-state index contributed by atoms with van der Waals surface area (Å²) in [5.74, 6) is 0. The summed E-state index contributed by atoms with van der Waals surface area (Å²) in [6.45, 7) is -0.0360. The summed E-state index contributed by atoms with van der Waals surface area (Å²) in [6, 6.07) is 1.70. The Kier molecular flexibility index (Phi) is 1.97. The van der Waals surface area contributed by atoms with Crippen LogP contribution in [0.15, 0.2) is 11.4 Å². The van der Waals surface area contributed by atoms with Gasteiger partial charge in [-0.2, -0.15) is 0 Å². The van der Waals surface area contributed by atoms with Crippen molar-refractivity contribution in [2.24, 2.45) is 0 Å². The first-order chi connectivity index (χ1) is 4.38. The number of aldehydes is 1. The fourth-order valence-corrected chi connectivity index (χ4v) is 1.29. The summed E-state index contributed by atoms with van der Waals surface area (Å²) in [5, 5.41) is 10.4. The van der Waals surface area contributed by atoms with Gasteiger partial charge in [-0.25, -0.2) is 0 Å². The van der Waals surface area contributed by atoms with Crippen LogP contribution in [0.1, 0.15) is 15.2 Å². The van der Waals surface area contributed by atoms with Gasteiger partial charge in [0.2, 0.25) is 0 Å². The second kappa shape index (κ2) is 2.75. The van der Waals surface area contributed by atoms with Crippen LogP contribution in [0.5, 0.6) is 0 Å². The predicted molar refractivity (Wildman–Crippen MR) is 35.6 cm³/mol. The summed E-state index contributed by atoms with van der Waals surface area (Å²) in [6.07, 6.45) is 0.752. The molecule has 0 aliphatic heterocycles. The van der Waals surface area contributed by atoms with E-state index in [2.05, 4.69) is 0 Å². The van der Waals surface area contributed by atoms with Gasteiger partial charge in [-0.05, 0) is 11.4 Å². The Morgan fingerprint density at radius 3 is 3.00 bits per heavy atom. The molecule has 1 aromatic heterocycles. The van der Waals surface area contributed by atoms with Crippen molar-refractivity contribution in [3.05, 3.63) is 21.9 Å². The number of aliphatic hydroxyl groups is 1. The zero-order chi connectivity index (χ0) is 6.69. The molecule has 0 spiro atoms. The molecule has 1 aromatic rings. The fraction of sp³-hybridized carbons (Fsp3) is 0.167. The second-order valence-corrected chi connectivity index (χ2v) is 2.58. The summed E-state index contributed by atoms with van der Waals surface area (Å²) < 4.78 is 0. The molecule has 48 valence electrons. The summed E-state index contributed by atoms with van der Waals surface area (Å²) in [5.41, 5.74) is 0.600. The largest absolute Gasteiger partial charge is 0.391 e. The van der Waals surface area contributed by atoms with Gasteiger partial charge < -0.3 is 5.11 Å². The van der Waals surface area contributed by atoms with E-state index in [1.165, 1.54) is 11.3 Å². The van der Waals surface area contributed by atoms with Crippen LogP contribution in [0.3, 0.4) is 0 Å². The first-order valence-corrected chi connectivity index (χ1v) is 3.39. The van der Waals surface area contributed by atoms with E-state index in [0.29, 0.717) is 5.56 Å². The third-order valence-corrected chi connectivity index (χ3v) is 1.97. The second-order valence-electron chi connectivity index (χ2n) is 1.58. The molecule has 0 aliphatic rings. The lowest BCUT2D eigenvalue weighted by Crippen LogP contribution is -1.82. The van der Waals surface area contributed by atoms with Crippen molar-refractivity contribution < 1.29 is 9.90 Å². The Bertz CT molecular complexity index is 205. The highest BCUT2D eigenvalue weighted by molar-refractivity contribution is 7.10. The Hall–Kier alpha value is -0.670. The quantitative estimate of drug-likeness (QED) is 0.627. The number of carbonyl (C=O) groups excluding carboxylic acids is 1. The topological polar surface area (TPSA) is 37.3 Å². The Morgan fingerprint density at radius 2 is 2.56 bits per heavy atom. The third-order valence-electron chi connectivity index (χ3n) is 1.05. The minimum atomic E-state index is -0.0360. The third kappa shape index (κ3) is 1.17. The van der Waals surface area contributed by atoms with Crippen molar-refractivity contribution in [1.82, 2.24) is 0 Å². The van der Waals surface area contributed by atoms with Crippen LogP contribution in [0.25, 0.3) is 0 Å². The molecule has 1 rings (SSSR count). The van der Waals surface area contributed by atoms with Gasteiger partial charge >= 0.3 is 0 Å². The minimum Gasteiger partial charge on any atom is -0.391 e. The van der Waals surface area contributed by atoms with Crippen molar-refractivity contribution in [2.75, 3.05) is 0 Å². The maximum absolute atomic E-state index is 10.1. The van der Waals surface area contributed by atoms with Gasteiger partial charge in [0.1, 0.15) is 0 Å². The summed E-state index contributed by atoms with van der Waals surface area (Å²) in [4.78, 5) is 10.9. The highest BCUT2D eigenvalue weighted by Crippen LogP contribution is 2.13. The molecule has 0 aliphatic carbocycles. The maximum Gasteiger partial charge on any atom is 0.151 e. The van der Waals surface area contributed by atoms with Gasteiger partial charge in [0.25, 0.3) is 0 Å². The predicted octanol–water partition coefficient (Wildman–Crippen LogP) is 1.05. The molecule has 0 fully saturated rings. The summed E-state index contributed by atoms with van der Waals surface area (Å²) in [7, 11) is 0. The van der Waals surface area contributed by atoms with Crippen LogP contribution in [0.2, 0.25) is 0 Å². The molecule has 3 heteroatoms. The smallest absolute Gasteiger partial charge is 0.151 e. The molecule has 9 heavy (non-hydrogen) atoms. The Labute approximate surface area is 56.8 Å².